The molecule has 1 N–H and O–H groups in total. The van der Waals surface area contributed by atoms with Crippen molar-refractivity contribution in [2.24, 2.45) is 0 Å². The van der Waals surface area contributed by atoms with Gasteiger partial charge in [0.2, 0.25) is 0 Å². The number of hydrogen-bond acceptors (Lipinski definition) is 3. The lowest BCUT2D eigenvalue weighted by Crippen LogP contribution is -2.16. The maximum atomic E-state index is 3.57. The minimum atomic E-state index is 0.271. The largest absolute Gasteiger partial charge is 0.309 e. The van der Waals surface area contributed by atoms with E-state index < -0.39 is 0 Å². The zero-order valence-electron chi connectivity index (χ0n) is 7.96. The Labute approximate surface area is 114 Å². The second-order valence-corrected chi connectivity index (χ2v) is 6.97. The molecule has 2 aromatic heterocycles. The van der Waals surface area contributed by atoms with Gasteiger partial charge in [-0.2, -0.15) is 11.3 Å². The van der Waals surface area contributed by atoms with Crippen molar-refractivity contribution in [2.45, 2.75) is 6.04 Å². The molecule has 5 heteroatoms. The van der Waals surface area contributed by atoms with Gasteiger partial charge >= 0.3 is 0 Å². The van der Waals surface area contributed by atoms with Crippen molar-refractivity contribution in [3.63, 3.8) is 0 Å². The Morgan fingerprint density at radius 3 is 2.53 bits per heavy atom. The molecule has 1 atom stereocenters. The molecular weight excluding hydrogens is 358 g/mol. The zero-order chi connectivity index (χ0) is 10.8. The average molecular weight is 367 g/mol. The lowest BCUT2D eigenvalue weighted by Gasteiger charge is -2.14. The number of thiophene rings is 2. The molecule has 0 aliphatic heterocycles. The van der Waals surface area contributed by atoms with Crippen molar-refractivity contribution < 1.29 is 0 Å². The lowest BCUT2D eigenvalue weighted by molar-refractivity contribution is 0.694. The van der Waals surface area contributed by atoms with Crippen LogP contribution in [0, 0.1) is 0 Å². The molecule has 15 heavy (non-hydrogen) atoms. The van der Waals surface area contributed by atoms with E-state index in [0.29, 0.717) is 0 Å². The van der Waals surface area contributed by atoms with Crippen molar-refractivity contribution in [2.75, 3.05) is 7.05 Å². The van der Waals surface area contributed by atoms with E-state index in [1.54, 1.807) is 22.7 Å². The molecule has 2 aromatic rings. The lowest BCUT2D eigenvalue weighted by atomic mass is 10.1. The van der Waals surface area contributed by atoms with E-state index in [1.807, 2.05) is 7.05 Å². The molecule has 80 valence electrons. The van der Waals surface area contributed by atoms with Gasteiger partial charge in [0.15, 0.2) is 0 Å². The van der Waals surface area contributed by atoms with Gasteiger partial charge in [0.1, 0.15) is 0 Å². The monoisotopic (exact) mass is 365 g/mol. The van der Waals surface area contributed by atoms with Crippen molar-refractivity contribution in [1.82, 2.24) is 5.32 Å². The molecule has 0 bridgehead atoms. The van der Waals surface area contributed by atoms with Crippen molar-refractivity contribution in [3.8, 4) is 0 Å². The summed E-state index contributed by atoms with van der Waals surface area (Å²) in [4.78, 5) is 0. The van der Waals surface area contributed by atoms with Crippen LogP contribution in [-0.4, -0.2) is 7.05 Å². The highest BCUT2D eigenvalue weighted by atomic mass is 79.9. The SMILES string of the molecule is CNC(c1csc(Br)c1)c1cscc1Br. The predicted octanol–water partition coefficient (Wildman–Crippen LogP) is 4.64. The number of halogens is 2. The van der Waals surface area contributed by atoms with Crippen LogP contribution >= 0.6 is 54.5 Å². The maximum absolute atomic E-state index is 3.57. The summed E-state index contributed by atoms with van der Waals surface area (Å²) in [6, 6.07) is 2.43. The zero-order valence-corrected chi connectivity index (χ0v) is 12.8. The van der Waals surface area contributed by atoms with Gasteiger partial charge in [-0.1, -0.05) is 0 Å². The normalized spacial score (nSPS) is 13.0. The van der Waals surface area contributed by atoms with Crippen LogP contribution in [0.1, 0.15) is 17.2 Å². The smallest absolute Gasteiger partial charge is 0.0701 e. The first-order valence-electron chi connectivity index (χ1n) is 4.35. The first-order chi connectivity index (χ1) is 7.22. The highest BCUT2D eigenvalue weighted by molar-refractivity contribution is 9.11. The third-order valence-corrected chi connectivity index (χ3v) is 5.44. The van der Waals surface area contributed by atoms with Gasteiger partial charge in [-0.25, -0.2) is 0 Å². The third kappa shape index (κ3) is 2.53. The molecule has 0 aliphatic rings. The van der Waals surface area contributed by atoms with Crippen LogP contribution in [0.3, 0.4) is 0 Å². The summed E-state index contributed by atoms with van der Waals surface area (Å²) in [5.41, 5.74) is 2.60. The highest BCUT2D eigenvalue weighted by Gasteiger charge is 2.16. The summed E-state index contributed by atoms with van der Waals surface area (Å²) in [6.07, 6.45) is 0. The van der Waals surface area contributed by atoms with Crippen LogP contribution in [0.2, 0.25) is 0 Å². The van der Waals surface area contributed by atoms with E-state index in [2.05, 4.69) is 59.4 Å². The Morgan fingerprint density at radius 2 is 2.07 bits per heavy atom. The molecule has 0 fully saturated rings. The molecule has 0 amide bonds. The molecule has 0 aliphatic carbocycles. The Balaban J connectivity index is 2.36. The molecule has 0 saturated carbocycles. The summed E-state index contributed by atoms with van der Waals surface area (Å²) >= 11 is 10.5. The molecule has 1 unspecified atom stereocenters. The van der Waals surface area contributed by atoms with Gasteiger partial charge in [-0.05, 0) is 66.9 Å². The van der Waals surface area contributed by atoms with Crippen molar-refractivity contribution in [1.29, 1.82) is 0 Å². The number of rotatable bonds is 3. The van der Waals surface area contributed by atoms with Gasteiger partial charge < -0.3 is 5.32 Å². The number of nitrogens with one attached hydrogen (secondary N) is 1. The van der Waals surface area contributed by atoms with Gasteiger partial charge in [-0.3, -0.25) is 0 Å². The van der Waals surface area contributed by atoms with E-state index in [1.165, 1.54) is 19.4 Å². The minimum Gasteiger partial charge on any atom is -0.309 e. The standard InChI is InChI=1S/C10H9Br2NS2/c1-13-10(6-2-9(12)15-3-6)7-4-14-5-8(7)11/h2-5,10,13H,1H3. The Bertz CT molecular complexity index is 450. The summed E-state index contributed by atoms with van der Waals surface area (Å²) in [7, 11) is 1.99. The predicted molar refractivity (Wildman–Crippen MR) is 74.9 cm³/mol. The van der Waals surface area contributed by atoms with Crippen LogP contribution in [0.4, 0.5) is 0 Å². The molecular formula is C10H9Br2NS2. The summed E-state index contributed by atoms with van der Waals surface area (Å²) in [6.45, 7) is 0. The fourth-order valence-electron chi connectivity index (χ4n) is 1.47. The van der Waals surface area contributed by atoms with Crippen molar-refractivity contribution >= 4 is 54.5 Å². The third-order valence-electron chi connectivity index (χ3n) is 2.16. The Kier molecular flexibility index (Phi) is 4.01. The van der Waals surface area contributed by atoms with Crippen LogP contribution < -0.4 is 5.32 Å². The van der Waals surface area contributed by atoms with Gasteiger partial charge in [0.05, 0.1) is 9.83 Å². The molecule has 2 rings (SSSR count). The van der Waals surface area contributed by atoms with E-state index in [0.717, 1.165) is 0 Å². The first-order valence-corrected chi connectivity index (χ1v) is 7.76. The van der Waals surface area contributed by atoms with Crippen LogP contribution in [0.15, 0.2) is 30.5 Å². The highest BCUT2D eigenvalue weighted by Crippen LogP contribution is 2.34. The van der Waals surface area contributed by atoms with Gasteiger partial charge in [0.25, 0.3) is 0 Å². The quantitative estimate of drug-likeness (QED) is 0.833. The van der Waals surface area contributed by atoms with E-state index in [4.69, 9.17) is 0 Å². The second-order valence-electron chi connectivity index (χ2n) is 3.08. The van der Waals surface area contributed by atoms with Crippen molar-refractivity contribution in [3.05, 3.63) is 41.6 Å². The fourth-order valence-corrected chi connectivity index (χ4v) is 4.23. The van der Waals surface area contributed by atoms with Crippen LogP contribution in [-0.2, 0) is 0 Å². The molecule has 1 nitrogen and oxygen atoms in total. The second kappa shape index (κ2) is 5.10. The fraction of sp³-hybridized carbons (Fsp3) is 0.200. The first kappa shape index (κ1) is 11.8. The van der Waals surface area contributed by atoms with E-state index in [9.17, 15) is 0 Å². The molecule has 0 radical (unpaired) electrons. The number of hydrogen-bond donors (Lipinski definition) is 1. The van der Waals surface area contributed by atoms with E-state index >= 15 is 0 Å². The van der Waals surface area contributed by atoms with Crippen LogP contribution in [0.25, 0.3) is 0 Å². The summed E-state index contributed by atoms with van der Waals surface area (Å²) in [5.74, 6) is 0. The minimum absolute atomic E-state index is 0.271. The van der Waals surface area contributed by atoms with Crippen LogP contribution in [0.5, 0.6) is 0 Å². The molecule has 2 heterocycles. The van der Waals surface area contributed by atoms with Gasteiger partial charge in [0, 0.05) is 9.85 Å². The Hall–Kier alpha value is 0.320. The maximum Gasteiger partial charge on any atom is 0.0701 e. The summed E-state index contributed by atoms with van der Waals surface area (Å²) < 4.78 is 2.35. The van der Waals surface area contributed by atoms with Gasteiger partial charge in [-0.15, -0.1) is 11.3 Å². The van der Waals surface area contributed by atoms with E-state index in [-0.39, 0.29) is 6.04 Å². The molecule has 0 saturated heterocycles. The topological polar surface area (TPSA) is 12.0 Å². The summed E-state index contributed by atoms with van der Waals surface area (Å²) in [5, 5.41) is 9.80. The molecule has 0 spiro atoms. The Morgan fingerprint density at radius 1 is 1.27 bits per heavy atom. The average Bonchev–Trinajstić information content (AvgIpc) is 2.79. The molecule has 0 aromatic carbocycles.